The van der Waals surface area contributed by atoms with Crippen molar-refractivity contribution in [1.29, 1.82) is 0 Å². The third kappa shape index (κ3) is 3.87. The number of nitrogens with zero attached hydrogens (tertiary/aromatic N) is 1. The Labute approximate surface area is 134 Å². The number of halogens is 1. The highest BCUT2D eigenvalue weighted by molar-refractivity contribution is 6.30. The van der Waals surface area contributed by atoms with Gasteiger partial charge < -0.3 is 15.6 Å². The molecule has 0 radical (unpaired) electrons. The molecule has 0 fully saturated rings. The van der Waals surface area contributed by atoms with Crippen molar-refractivity contribution < 1.29 is 9.32 Å². The fourth-order valence-corrected chi connectivity index (χ4v) is 2.20. The van der Waals surface area contributed by atoms with Crippen LogP contribution in [-0.4, -0.2) is 23.1 Å². The van der Waals surface area contributed by atoms with Gasteiger partial charge in [-0.05, 0) is 25.0 Å². The van der Waals surface area contributed by atoms with Crippen LogP contribution in [0.15, 0.2) is 34.9 Å². The van der Waals surface area contributed by atoms with Crippen LogP contribution in [0.3, 0.4) is 0 Å². The van der Waals surface area contributed by atoms with Crippen LogP contribution < -0.4 is 11.1 Å². The number of nitrogens with one attached hydrogen (secondary N) is 1. The van der Waals surface area contributed by atoms with Gasteiger partial charge in [0.15, 0.2) is 11.5 Å². The number of hydrogen-bond acceptors (Lipinski definition) is 4. The van der Waals surface area contributed by atoms with E-state index < -0.39 is 5.54 Å². The first kappa shape index (κ1) is 16.5. The molecule has 118 valence electrons. The summed E-state index contributed by atoms with van der Waals surface area (Å²) in [7, 11) is 0. The number of aromatic nitrogens is 1. The van der Waals surface area contributed by atoms with Crippen LogP contribution in [0, 0.1) is 0 Å². The van der Waals surface area contributed by atoms with E-state index in [0.717, 1.165) is 18.4 Å². The molecule has 0 aliphatic heterocycles. The van der Waals surface area contributed by atoms with E-state index in [1.807, 2.05) is 26.0 Å². The summed E-state index contributed by atoms with van der Waals surface area (Å²) in [4.78, 5) is 12.1. The molecule has 1 aromatic carbocycles. The predicted octanol–water partition coefficient (Wildman–Crippen LogP) is 3.24. The fraction of sp³-hybridized carbons (Fsp3) is 0.375. The fourth-order valence-electron chi connectivity index (χ4n) is 2.01. The van der Waals surface area contributed by atoms with Crippen molar-refractivity contribution in [2.24, 2.45) is 5.73 Å². The number of hydrogen-bond donors (Lipinski definition) is 2. The minimum absolute atomic E-state index is 0.226. The maximum absolute atomic E-state index is 12.1. The van der Waals surface area contributed by atoms with Crippen molar-refractivity contribution in [3.63, 3.8) is 0 Å². The summed E-state index contributed by atoms with van der Waals surface area (Å²) in [6, 6.07) is 8.77. The molecule has 5 nitrogen and oxygen atoms in total. The van der Waals surface area contributed by atoms with Gasteiger partial charge in [-0.25, -0.2) is 0 Å². The van der Waals surface area contributed by atoms with E-state index in [0.29, 0.717) is 17.3 Å². The Bertz CT molecular complexity index is 650. The third-order valence-corrected chi connectivity index (χ3v) is 4.10. The van der Waals surface area contributed by atoms with E-state index in [4.69, 9.17) is 21.9 Å². The Balaban J connectivity index is 2.06. The van der Waals surface area contributed by atoms with Gasteiger partial charge in [-0.15, -0.1) is 0 Å². The summed E-state index contributed by atoms with van der Waals surface area (Å²) in [5, 5.41) is 7.20. The molecule has 0 saturated heterocycles. The lowest BCUT2D eigenvalue weighted by Gasteiger charge is -2.26. The van der Waals surface area contributed by atoms with Crippen molar-refractivity contribution in [1.82, 2.24) is 10.5 Å². The molecule has 2 aromatic rings. The van der Waals surface area contributed by atoms with Crippen LogP contribution in [0.25, 0.3) is 11.3 Å². The topological polar surface area (TPSA) is 81.1 Å². The zero-order valence-electron chi connectivity index (χ0n) is 12.7. The van der Waals surface area contributed by atoms with E-state index in [9.17, 15) is 4.79 Å². The Morgan fingerprint density at radius 3 is 2.73 bits per heavy atom. The molecule has 0 unspecified atom stereocenters. The van der Waals surface area contributed by atoms with Crippen molar-refractivity contribution >= 4 is 17.5 Å². The number of nitrogens with two attached hydrogens (primary N) is 1. The molecule has 0 atom stereocenters. The highest BCUT2D eigenvalue weighted by Gasteiger charge is 2.22. The highest BCUT2D eigenvalue weighted by atomic mass is 35.5. The Kier molecular flexibility index (Phi) is 5.21. The van der Waals surface area contributed by atoms with Crippen molar-refractivity contribution in [2.75, 3.05) is 6.54 Å². The molecule has 3 N–H and O–H groups in total. The Hall–Kier alpha value is -1.85. The van der Waals surface area contributed by atoms with E-state index >= 15 is 0 Å². The van der Waals surface area contributed by atoms with E-state index in [1.165, 1.54) is 0 Å². The first-order valence-corrected chi connectivity index (χ1v) is 7.65. The van der Waals surface area contributed by atoms with Crippen LogP contribution in [0.5, 0.6) is 0 Å². The Morgan fingerprint density at radius 2 is 2.09 bits per heavy atom. The quantitative estimate of drug-likeness (QED) is 0.855. The summed E-state index contributed by atoms with van der Waals surface area (Å²) in [5.74, 6) is 0.200. The van der Waals surface area contributed by atoms with Crippen LogP contribution in [0.4, 0.5) is 0 Å². The molecule has 2 rings (SSSR count). The third-order valence-electron chi connectivity index (χ3n) is 3.86. The van der Waals surface area contributed by atoms with Gasteiger partial charge in [0.2, 0.25) is 0 Å². The SMILES string of the molecule is CCC(N)(CC)CNC(=O)c1cc(-c2cccc(Cl)c2)on1. The van der Waals surface area contributed by atoms with E-state index in [-0.39, 0.29) is 11.6 Å². The van der Waals surface area contributed by atoms with Crippen molar-refractivity contribution in [3.8, 4) is 11.3 Å². The second kappa shape index (κ2) is 6.94. The molecule has 0 spiro atoms. The minimum Gasteiger partial charge on any atom is -0.355 e. The van der Waals surface area contributed by atoms with E-state index in [1.54, 1.807) is 18.2 Å². The van der Waals surface area contributed by atoms with Crippen molar-refractivity contribution in [3.05, 3.63) is 41.0 Å². The number of amides is 1. The van der Waals surface area contributed by atoms with Gasteiger partial charge in [0.25, 0.3) is 5.91 Å². The summed E-state index contributed by atoms with van der Waals surface area (Å²) < 4.78 is 5.21. The normalized spacial score (nSPS) is 11.5. The van der Waals surface area contributed by atoms with Crippen LogP contribution >= 0.6 is 11.6 Å². The molecule has 0 saturated carbocycles. The smallest absolute Gasteiger partial charge is 0.273 e. The highest BCUT2D eigenvalue weighted by Crippen LogP contribution is 2.23. The average Bonchev–Trinajstić information content (AvgIpc) is 3.02. The summed E-state index contributed by atoms with van der Waals surface area (Å²) in [5.41, 5.74) is 6.77. The zero-order valence-corrected chi connectivity index (χ0v) is 13.5. The predicted molar refractivity (Wildman–Crippen MR) is 86.8 cm³/mol. The number of carbonyl (C=O) groups excluding carboxylic acids is 1. The largest absolute Gasteiger partial charge is 0.355 e. The lowest BCUT2D eigenvalue weighted by Crippen LogP contribution is -2.49. The molecular weight excluding hydrogens is 302 g/mol. The Morgan fingerprint density at radius 1 is 1.36 bits per heavy atom. The van der Waals surface area contributed by atoms with Crippen LogP contribution in [-0.2, 0) is 0 Å². The van der Waals surface area contributed by atoms with E-state index in [2.05, 4.69) is 10.5 Å². The molecule has 0 aliphatic rings. The van der Waals surface area contributed by atoms with Gasteiger partial charge in [0.1, 0.15) is 0 Å². The van der Waals surface area contributed by atoms with Gasteiger partial charge in [-0.3, -0.25) is 4.79 Å². The number of benzene rings is 1. The molecule has 1 aromatic heterocycles. The maximum Gasteiger partial charge on any atom is 0.273 e. The summed E-state index contributed by atoms with van der Waals surface area (Å²) in [6.45, 7) is 4.41. The standard InChI is InChI=1S/C16H20ClN3O2/c1-3-16(18,4-2)10-19-15(21)13-9-14(22-20-13)11-6-5-7-12(17)8-11/h5-9H,3-4,10,18H2,1-2H3,(H,19,21). The molecule has 1 amide bonds. The molecule has 22 heavy (non-hydrogen) atoms. The van der Waals surface area contributed by atoms with Crippen molar-refractivity contribution in [2.45, 2.75) is 32.2 Å². The first-order chi connectivity index (χ1) is 10.5. The van der Waals surface area contributed by atoms with Crippen LogP contribution in [0.1, 0.15) is 37.2 Å². The summed E-state index contributed by atoms with van der Waals surface area (Å²) in [6.07, 6.45) is 1.58. The number of carbonyl (C=O) groups is 1. The lowest BCUT2D eigenvalue weighted by atomic mass is 9.94. The van der Waals surface area contributed by atoms with Gasteiger partial charge in [0, 0.05) is 28.7 Å². The molecule has 1 heterocycles. The molecule has 0 bridgehead atoms. The van der Waals surface area contributed by atoms with Gasteiger partial charge in [0.05, 0.1) is 0 Å². The second-order valence-electron chi connectivity index (χ2n) is 5.34. The first-order valence-electron chi connectivity index (χ1n) is 7.27. The summed E-state index contributed by atoms with van der Waals surface area (Å²) >= 11 is 5.94. The number of rotatable bonds is 6. The average molecular weight is 322 g/mol. The monoisotopic (exact) mass is 321 g/mol. The maximum atomic E-state index is 12.1. The van der Waals surface area contributed by atoms with Gasteiger partial charge in [-0.2, -0.15) is 0 Å². The minimum atomic E-state index is -0.394. The molecular formula is C16H20ClN3O2. The van der Waals surface area contributed by atoms with Crippen LogP contribution in [0.2, 0.25) is 5.02 Å². The molecule has 0 aliphatic carbocycles. The lowest BCUT2D eigenvalue weighted by molar-refractivity contribution is 0.0933. The van der Waals surface area contributed by atoms with Gasteiger partial charge in [-0.1, -0.05) is 42.7 Å². The second-order valence-corrected chi connectivity index (χ2v) is 5.78. The van der Waals surface area contributed by atoms with Gasteiger partial charge >= 0.3 is 0 Å². The zero-order chi connectivity index (χ0) is 16.2. The molecule has 6 heteroatoms.